The molecular formula is C12H9BrClN3O2. The van der Waals surface area contributed by atoms with Crippen molar-refractivity contribution in [2.45, 2.75) is 0 Å². The number of nitrogens with one attached hydrogen (secondary N) is 1. The number of anilines is 1. The Hall–Kier alpha value is -1.66. The summed E-state index contributed by atoms with van der Waals surface area (Å²) in [5.41, 5.74) is 0.403. The molecule has 0 spiro atoms. The van der Waals surface area contributed by atoms with Crippen LogP contribution in [0.2, 0.25) is 5.15 Å². The molecule has 0 aliphatic rings. The first kappa shape index (κ1) is 13.8. The molecule has 1 aromatic heterocycles. The first-order chi connectivity index (χ1) is 9.10. The molecule has 0 unspecified atom stereocenters. The molecule has 0 aliphatic heterocycles. The highest BCUT2D eigenvalue weighted by Crippen LogP contribution is 2.24. The summed E-state index contributed by atoms with van der Waals surface area (Å²) >= 11 is 9.03. The van der Waals surface area contributed by atoms with Crippen LogP contribution in [0.3, 0.4) is 0 Å². The number of carbonyl (C=O) groups is 1. The monoisotopic (exact) mass is 341 g/mol. The maximum Gasteiger partial charge on any atom is 0.260 e. The van der Waals surface area contributed by atoms with Crippen molar-refractivity contribution in [3.8, 4) is 5.75 Å². The average Bonchev–Trinajstić information content (AvgIpc) is 2.38. The molecule has 0 radical (unpaired) electrons. The number of ether oxygens (including phenoxy) is 1. The van der Waals surface area contributed by atoms with Gasteiger partial charge in [-0.1, -0.05) is 27.5 Å². The first-order valence-electron chi connectivity index (χ1n) is 5.22. The second-order valence-electron chi connectivity index (χ2n) is 3.52. The molecule has 1 amide bonds. The topological polar surface area (TPSA) is 64.1 Å². The average molecular weight is 343 g/mol. The van der Waals surface area contributed by atoms with Crippen LogP contribution < -0.4 is 10.1 Å². The van der Waals surface area contributed by atoms with Crippen molar-refractivity contribution in [1.82, 2.24) is 9.97 Å². The predicted molar refractivity (Wildman–Crippen MR) is 75.7 cm³/mol. The van der Waals surface area contributed by atoms with Crippen molar-refractivity contribution in [2.24, 2.45) is 0 Å². The van der Waals surface area contributed by atoms with Crippen LogP contribution in [0.15, 0.2) is 35.1 Å². The van der Waals surface area contributed by atoms with Gasteiger partial charge in [0.25, 0.3) is 5.91 Å². The molecule has 2 rings (SSSR count). The fourth-order valence-electron chi connectivity index (χ4n) is 1.44. The smallest absolute Gasteiger partial charge is 0.260 e. The van der Waals surface area contributed by atoms with E-state index in [1.165, 1.54) is 19.5 Å². The molecule has 1 N–H and O–H groups in total. The molecule has 0 fully saturated rings. The number of halogens is 2. The molecule has 0 saturated heterocycles. The van der Waals surface area contributed by atoms with Gasteiger partial charge in [0, 0.05) is 10.5 Å². The van der Waals surface area contributed by atoms with Crippen molar-refractivity contribution in [3.05, 3.63) is 45.8 Å². The van der Waals surface area contributed by atoms with Crippen molar-refractivity contribution in [3.63, 3.8) is 0 Å². The molecule has 0 aliphatic carbocycles. The maximum absolute atomic E-state index is 12.1. The number of carbonyl (C=O) groups excluding carboxylic acids is 1. The first-order valence-corrected chi connectivity index (χ1v) is 6.39. The van der Waals surface area contributed by atoms with Gasteiger partial charge in [0.05, 0.1) is 12.7 Å². The van der Waals surface area contributed by atoms with Crippen LogP contribution in [0.25, 0.3) is 0 Å². The molecule has 0 atom stereocenters. The summed E-state index contributed by atoms with van der Waals surface area (Å²) in [7, 11) is 1.50. The third-order valence-corrected chi connectivity index (χ3v) is 2.98. The zero-order valence-electron chi connectivity index (χ0n) is 9.85. The van der Waals surface area contributed by atoms with E-state index in [2.05, 4.69) is 31.2 Å². The number of amides is 1. The second kappa shape index (κ2) is 5.99. The van der Waals surface area contributed by atoms with Gasteiger partial charge in [0.1, 0.15) is 23.0 Å². The van der Waals surface area contributed by atoms with E-state index in [9.17, 15) is 4.79 Å². The molecular weight excluding hydrogens is 334 g/mol. The Bertz CT molecular complexity index is 622. The summed E-state index contributed by atoms with van der Waals surface area (Å²) in [6, 6.07) is 6.58. The van der Waals surface area contributed by atoms with Crippen molar-refractivity contribution in [2.75, 3.05) is 12.4 Å². The highest BCUT2D eigenvalue weighted by molar-refractivity contribution is 9.10. The van der Waals surface area contributed by atoms with Crippen molar-refractivity contribution in [1.29, 1.82) is 0 Å². The number of methoxy groups -OCH3 is 1. The number of nitrogens with zero attached hydrogens (tertiary/aromatic N) is 2. The zero-order chi connectivity index (χ0) is 13.8. The van der Waals surface area contributed by atoms with Crippen molar-refractivity contribution < 1.29 is 9.53 Å². The minimum absolute atomic E-state index is 0.257. The molecule has 0 saturated carbocycles. The Labute approximate surface area is 123 Å². The van der Waals surface area contributed by atoms with E-state index >= 15 is 0 Å². The van der Waals surface area contributed by atoms with Gasteiger partial charge in [-0.25, -0.2) is 9.97 Å². The van der Waals surface area contributed by atoms with E-state index < -0.39 is 0 Å². The van der Waals surface area contributed by atoms with E-state index in [-0.39, 0.29) is 11.1 Å². The van der Waals surface area contributed by atoms with Gasteiger partial charge < -0.3 is 10.1 Å². The van der Waals surface area contributed by atoms with Gasteiger partial charge in [-0.3, -0.25) is 4.79 Å². The Morgan fingerprint density at radius 1 is 1.37 bits per heavy atom. The summed E-state index contributed by atoms with van der Waals surface area (Å²) in [6.45, 7) is 0. The van der Waals surface area contributed by atoms with Crippen LogP contribution in [0.4, 0.5) is 5.82 Å². The lowest BCUT2D eigenvalue weighted by Crippen LogP contribution is -2.14. The van der Waals surface area contributed by atoms with Crippen LogP contribution in [-0.2, 0) is 0 Å². The molecule has 1 heterocycles. The van der Waals surface area contributed by atoms with Crippen LogP contribution in [0.5, 0.6) is 5.75 Å². The largest absolute Gasteiger partial charge is 0.496 e. The summed E-state index contributed by atoms with van der Waals surface area (Å²) in [6.07, 6.45) is 1.27. The maximum atomic E-state index is 12.1. The van der Waals surface area contributed by atoms with Gasteiger partial charge in [-0.2, -0.15) is 0 Å². The Morgan fingerprint density at radius 2 is 2.16 bits per heavy atom. The summed E-state index contributed by atoms with van der Waals surface area (Å²) in [4.78, 5) is 19.7. The third-order valence-electron chi connectivity index (χ3n) is 2.28. The molecule has 5 nitrogen and oxygen atoms in total. The van der Waals surface area contributed by atoms with Crippen LogP contribution in [0, 0.1) is 0 Å². The Kier molecular flexibility index (Phi) is 4.34. The van der Waals surface area contributed by atoms with E-state index in [0.29, 0.717) is 17.1 Å². The van der Waals surface area contributed by atoms with Gasteiger partial charge in [-0.15, -0.1) is 0 Å². The lowest BCUT2D eigenvalue weighted by molar-refractivity contribution is 0.102. The minimum atomic E-state index is -0.334. The molecule has 2 aromatic rings. The number of aromatic nitrogens is 2. The van der Waals surface area contributed by atoms with Crippen molar-refractivity contribution >= 4 is 39.3 Å². The van der Waals surface area contributed by atoms with Gasteiger partial charge >= 0.3 is 0 Å². The standard InChI is InChI=1S/C12H9BrClN3O2/c1-19-9-4-7(13)2-3-8(9)12(18)17-11-5-10(14)15-6-16-11/h2-6H,1H3,(H,15,16,17,18). The van der Waals surface area contributed by atoms with Gasteiger partial charge in [0.15, 0.2) is 0 Å². The number of hydrogen-bond donors (Lipinski definition) is 1. The van der Waals surface area contributed by atoms with Gasteiger partial charge in [0.2, 0.25) is 0 Å². The molecule has 98 valence electrons. The fourth-order valence-corrected chi connectivity index (χ4v) is 1.93. The van der Waals surface area contributed by atoms with Crippen LogP contribution >= 0.6 is 27.5 Å². The normalized spacial score (nSPS) is 10.1. The van der Waals surface area contributed by atoms with Crippen LogP contribution in [0.1, 0.15) is 10.4 Å². The fraction of sp³-hybridized carbons (Fsp3) is 0.0833. The Morgan fingerprint density at radius 3 is 2.84 bits per heavy atom. The molecule has 1 aromatic carbocycles. The van der Waals surface area contributed by atoms with E-state index in [4.69, 9.17) is 16.3 Å². The quantitative estimate of drug-likeness (QED) is 0.870. The number of hydrogen-bond acceptors (Lipinski definition) is 4. The Balaban J connectivity index is 2.25. The molecule has 7 heteroatoms. The second-order valence-corrected chi connectivity index (χ2v) is 4.83. The van der Waals surface area contributed by atoms with Crippen LogP contribution in [-0.4, -0.2) is 23.0 Å². The van der Waals surface area contributed by atoms with E-state index in [0.717, 1.165) is 4.47 Å². The minimum Gasteiger partial charge on any atom is -0.496 e. The SMILES string of the molecule is COc1cc(Br)ccc1C(=O)Nc1cc(Cl)ncn1. The molecule has 19 heavy (non-hydrogen) atoms. The number of benzene rings is 1. The summed E-state index contributed by atoms with van der Waals surface area (Å²) in [5, 5.41) is 2.88. The lowest BCUT2D eigenvalue weighted by atomic mass is 10.2. The van der Waals surface area contributed by atoms with E-state index in [1.54, 1.807) is 18.2 Å². The highest BCUT2D eigenvalue weighted by Gasteiger charge is 2.13. The van der Waals surface area contributed by atoms with Gasteiger partial charge in [-0.05, 0) is 18.2 Å². The molecule has 0 bridgehead atoms. The third kappa shape index (κ3) is 3.42. The number of rotatable bonds is 3. The highest BCUT2D eigenvalue weighted by atomic mass is 79.9. The predicted octanol–water partition coefficient (Wildman–Crippen LogP) is 3.15. The summed E-state index contributed by atoms with van der Waals surface area (Å²) in [5.74, 6) is 0.459. The summed E-state index contributed by atoms with van der Waals surface area (Å²) < 4.78 is 5.98. The zero-order valence-corrected chi connectivity index (χ0v) is 12.2. The van der Waals surface area contributed by atoms with E-state index in [1.807, 2.05) is 0 Å². The lowest BCUT2D eigenvalue weighted by Gasteiger charge is -2.09.